The number of benzene rings is 11. The van der Waals surface area contributed by atoms with Gasteiger partial charge in [0, 0.05) is 27.8 Å². The molecule has 1 aliphatic heterocycles. The lowest BCUT2D eigenvalue weighted by Crippen LogP contribution is -2.33. The Labute approximate surface area is 454 Å². The summed E-state index contributed by atoms with van der Waals surface area (Å²) < 4.78 is 0. The van der Waals surface area contributed by atoms with Crippen LogP contribution in [0, 0.1) is 0 Å². The molecule has 1 aromatic heterocycles. The largest absolute Gasteiger partial charge is 0.344 e. The van der Waals surface area contributed by atoms with Gasteiger partial charge in [-0.25, -0.2) is 24.9 Å². The molecule has 368 valence electrons. The highest BCUT2D eigenvalue weighted by molar-refractivity contribution is 6.13. The molecule has 0 amide bonds. The molecule has 0 spiro atoms. The van der Waals surface area contributed by atoms with Gasteiger partial charge in [0.25, 0.3) is 0 Å². The van der Waals surface area contributed by atoms with Crippen LogP contribution in [-0.2, 0) is 0 Å². The lowest BCUT2D eigenvalue weighted by Gasteiger charge is -2.24. The fraction of sp³-hybridized carbons (Fsp3) is 0.0139. The van der Waals surface area contributed by atoms with Crippen molar-refractivity contribution < 1.29 is 0 Å². The number of hydrogen-bond donors (Lipinski definition) is 1. The first-order valence-corrected chi connectivity index (χ1v) is 26.2. The summed E-state index contributed by atoms with van der Waals surface area (Å²) >= 11 is 0. The third-order valence-electron chi connectivity index (χ3n) is 14.2. The highest BCUT2D eigenvalue weighted by Gasteiger charge is 2.23. The van der Waals surface area contributed by atoms with Gasteiger partial charge in [-0.1, -0.05) is 261 Å². The van der Waals surface area contributed by atoms with E-state index in [4.69, 9.17) is 24.9 Å². The predicted octanol–water partition coefficient (Wildman–Crippen LogP) is 17.4. The van der Waals surface area contributed by atoms with Crippen molar-refractivity contribution in [1.29, 1.82) is 0 Å². The number of hydrogen-bond acceptors (Lipinski definition) is 6. The van der Waals surface area contributed by atoms with Crippen molar-refractivity contribution in [2.24, 2.45) is 9.98 Å². The second-order valence-corrected chi connectivity index (χ2v) is 19.3. The van der Waals surface area contributed by atoms with Crippen molar-refractivity contribution in [3.8, 4) is 101 Å². The molecule has 6 nitrogen and oxygen atoms in total. The van der Waals surface area contributed by atoms with Crippen molar-refractivity contribution in [3.05, 3.63) is 308 Å². The van der Waals surface area contributed by atoms with E-state index in [2.05, 4.69) is 272 Å². The normalized spacial score (nSPS) is 13.0. The average molecular weight is 999 g/mol. The number of amidine groups is 2. The summed E-state index contributed by atoms with van der Waals surface area (Å²) in [5.74, 6) is 3.23. The molecule has 1 N–H and O–H groups in total. The van der Waals surface area contributed by atoms with E-state index in [1.807, 2.05) is 24.3 Å². The van der Waals surface area contributed by atoms with Crippen LogP contribution in [0.1, 0.15) is 22.9 Å². The van der Waals surface area contributed by atoms with Gasteiger partial charge in [0.2, 0.25) is 0 Å². The van der Waals surface area contributed by atoms with E-state index in [0.717, 1.165) is 100 Å². The molecule has 0 saturated carbocycles. The molecule has 0 bridgehead atoms. The molecule has 0 aliphatic carbocycles. The Kier molecular flexibility index (Phi) is 13.0. The molecule has 6 heteroatoms. The van der Waals surface area contributed by atoms with E-state index in [1.165, 1.54) is 5.56 Å². The monoisotopic (exact) mass is 998 g/mol. The van der Waals surface area contributed by atoms with E-state index in [0.29, 0.717) is 23.3 Å². The summed E-state index contributed by atoms with van der Waals surface area (Å²) in [6.45, 7) is 0. The van der Waals surface area contributed by atoms with Gasteiger partial charge < -0.3 is 5.32 Å². The summed E-state index contributed by atoms with van der Waals surface area (Å²) in [6, 6.07) is 102. The fourth-order valence-corrected chi connectivity index (χ4v) is 10.1. The smallest absolute Gasteiger partial charge is 0.164 e. The summed E-state index contributed by atoms with van der Waals surface area (Å²) in [5.41, 5.74) is 19.0. The Hall–Kier alpha value is -10.4. The maximum atomic E-state index is 5.26. The Morgan fingerprint density at radius 3 is 0.987 bits per heavy atom. The molecule has 1 unspecified atom stereocenters. The lowest BCUT2D eigenvalue weighted by molar-refractivity contribution is 0.674. The zero-order valence-corrected chi connectivity index (χ0v) is 42.5. The first-order chi connectivity index (χ1) is 38.6. The number of nitrogens with one attached hydrogen (secondary N) is 1. The molecule has 0 fully saturated rings. The number of rotatable bonds is 12. The van der Waals surface area contributed by atoms with Crippen molar-refractivity contribution in [2.45, 2.75) is 6.17 Å². The highest BCUT2D eigenvalue weighted by Crippen LogP contribution is 2.34. The zero-order valence-electron chi connectivity index (χ0n) is 42.5. The minimum Gasteiger partial charge on any atom is -0.344 e. The molecule has 13 rings (SSSR count). The number of aromatic nitrogens is 3. The SMILES string of the molecule is c1ccc(-c2ccc(C3=NC(c4cccc(-c5ccccc5)c4)NC(c4cccc(-c5cccc(-c6cccc(-c7nc(-c8ccc(-c9ccccc9)cc8)nc(-c8cccc(-c9ccccc9)c8)n7)c6)c5)c4)=N3)cc2)cc1. The van der Waals surface area contributed by atoms with Crippen molar-refractivity contribution in [1.82, 2.24) is 20.3 Å². The third kappa shape index (κ3) is 10.2. The van der Waals surface area contributed by atoms with Gasteiger partial charge in [-0.15, -0.1) is 0 Å². The van der Waals surface area contributed by atoms with Crippen LogP contribution in [0.4, 0.5) is 0 Å². The van der Waals surface area contributed by atoms with Crippen LogP contribution >= 0.6 is 0 Å². The van der Waals surface area contributed by atoms with Crippen molar-refractivity contribution in [2.75, 3.05) is 0 Å². The molecule has 11 aromatic carbocycles. The van der Waals surface area contributed by atoms with Crippen LogP contribution in [-0.4, -0.2) is 26.6 Å². The summed E-state index contributed by atoms with van der Waals surface area (Å²) in [5, 5.41) is 3.73. The van der Waals surface area contributed by atoms with Crippen LogP contribution < -0.4 is 5.32 Å². The minimum absolute atomic E-state index is 0.375. The summed E-state index contributed by atoms with van der Waals surface area (Å²) in [4.78, 5) is 26.0. The van der Waals surface area contributed by atoms with E-state index in [9.17, 15) is 0 Å². The Morgan fingerprint density at radius 2 is 0.526 bits per heavy atom. The topological polar surface area (TPSA) is 75.4 Å². The molecular weight excluding hydrogens is 949 g/mol. The van der Waals surface area contributed by atoms with Gasteiger partial charge in [0.15, 0.2) is 23.3 Å². The first-order valence-electron chi connectivity index (χ1n) is 26.2. The van der Waals surface area contributed by atoms with Gasteiger partial charge in [0.05, 0.1) is 0 Å². The van der Waals surface area contributed by atoms with Crippen molar-refractivity contribution in [3.63, 3.8) is 0 Å². The number of nitrogens with zero attached hydrogens (tertiary/aromatic N) is 5. The lowest BCUT2D eigenvalue weighted by atomic mass is 9.96. The van der Waals surface area contributed by atoms with Gasteiger partial charge in [-0.3, -0.25) is 0 Å². The Morgan fingerprint density at radius 1 is 0.231 bits per heavy atom. The first kappa shape index (κ1) is 47.3. The van der Waals surface area contributed by atoms with Gasteiger partial charge in [-0.05, 0) is 103 Å². The molecule has 0 saturated heterocycles. The molecule has 1 aliphatic rings. The average Bonchev–Trinajstić information content (AvgIpc) is 3.58. The molecular formula is C72H50N6. The molecule has 1 atom stereocenters. The van der Waals surface area contributed by atoms with E-state index in [-0.39, 0.29) is 6.17 Å². The second-order valence-electron chi connectivity index (χ2n) is 19.3. The van der Waals surface area contributed by atoms with E-state index >= 15 is 0 Å². The van der Waals surface area contributed by atoms with Crippen LogP contribution in [0.2, 0.25) is 0 Å². The Bertz CT molecular complexity index is 4140. The van der Waals surface area contributed by atoms with Crippen LogP contribution in [0.3, 0.4) is 0 Å². The molecule has 0 radical (unpaired) electrons. The second kappa shape index (κ2) is 21.4. The van der Waals surface area contributed by atoms with Gasteiger partial charge in [0.1, 0.15) is 12.0 Å². The highest BCUT2D eigenvalue weighted by atomic mass is 15.2. The Balaban J connectivity index is 0.834. The minimum atomic E-state index is -0.375. The van der Waals surface area contributed by atoms with Crippen LogP contribution in [0.25, 0.3) is 101 Å². The predicted molar refractivity (Wildman–Crippen MR) is 321 cm³/mol. The standard InChI is InChI=1S/C72H50N6/c1-5-18-49(19-6-1)53-36-40-55(41-37-53)67-73-69(63-32-14-26-57(45-63)51-22-9-3-10-23-51)77-71(75-67)65-34-16-30-61(47-65)59-28-13-29-60(44-59)62-31-17-35-66(48-62)72-76-68(56-42-38-54(39-43-56)50-20-7-2-8-21-50)74-70(78-72)64-33-15-27-58(46-64)52-24-11-4-12-25-52/h1-48,69H,(H,73,75,77). The maximum Gasteiger partial charge on any atom is 0.164 e. The zero-order chi connectivity index (χ0) is 52.0. The van der Waals surface area contributed by atoms with Crippen LogP contribution in [0.5, 0.6) is 0 Å². The quantitative estimate of drug-likeness (QED) is 0.132. The third-order valence-corrected chi connectivity index (χ3v) is 14.2. The summed E-state index contributed by atoms with van der Waals surface area (Å²) in [7, 11) is 0. The van der Waals surface area contributed by atoms with Gasteiger partial charge >= 0.3 is 0 Å². The van der Waals surface area contributed by atoms with E-state index in [1.54, 1.807) is 0 Å². The fourth-order valence-electron chi connectivity index (χ4n) is 10.1. The summed E-state index contributed by atoms with van der Waals surface area (Å²) in [6.07, 6.45) is -0.375. The molecule has 78 heavy (non-hydrogen) atoms. The molecule has 12 aromatic rings. The van der Waals surface area contributed by atoms with E-state index < -0.39 is 0 Å². The van der Waals surface area contributed by atoms with Gasteiger partial charge in [-0.2, -0.15) is 0 Å². The maximum absolute atomic E-state index is 5.26. The number of aliphatic imine (C=N–C) groups is 2. The van der Waals surface area contributed by atoms with Crippen LogP contribution in [0.15, 0.2) is 301 Å². The van der Waals surface area contributed by atoms with Crippen molar-refractivity contribution >= 4 is 11.7 Å². The molecule has 2 heterocycles.